The molecule has 5 nitrogen and oxygen atoms in total. The zero-order chi connectivity index (χ0) is 18.9. The molecule has 0 unspecified atom stereocenters. The van der Waals surface area contributed by atoms with Crippen molar-refractivity contribution in [3.8, 4) is 0 Å². The van der Waals surface area contributed by atoms with E-state index in [2.05, 4.69) is 36.5 Å². The summed E-state index contributed by atoms with van der Waals surface area (Å²) in [5.74, 6) is 1.48. The van der Waals surface area contributed by atoms with Gasteiger partial charge >= 0.3 is 0 Å². The molecule has 1 heterocycles. The molecule has 0 saturated carbocycles. The van der Waals surface area contributed by atoms with Crippen LogP contribution in [0.15, 0.2) is 46.0 Å². The molecule has 2 N–H and O–H groups in total. The molecule has 2 rings (SSSR count). The minimum Gasteiger partial charge on any atom is -0.362 e. The maximum atomic E-state index is 13.8. The van der Waals surface area contributed by atoms with Crippen molar-refractivity contribution in [2.24, 2.45) is 4.99 Å². The van der Waals surface area contributed by atoms with E-state index in [0.717, 1.165) is 33.8 Å². The highest BCUT2D eigenvalue weighted by Gasteiger charge is 2.07. The SMILES string of the molecule is CN=C(NCCCc1ccc(Br)cc1F)NCc1cccnc1N(C)C. The van der Waals surface area contributed by atoms with Crippen LogP contribution in [0.4, 0.5) is 10.2 Å². The van der Waals surface area contributed by atoms with E-state index in [0.29, 0.717) is 19.5 Å². The topological polar surface area (TPSA) is 52.6 Å². The maximum Gasteiger partial charge on any atom is 0.191 e. The standard InChI is InChI=1S/C19H25BrFN5/c1-22-19(25-13-15-7-5-10-23-18(15)26(2)3)24-11-4-6-14-8-9-16(20)12-17(14)21/h5,7-10,12H,4,6,11,13H2,1-3H3,(H2,22,24,25). The van der Waals surface area contributed by atoms with Gasteiger partial charge in [0.05, 0.1) is 0 Å². The number of aromatic nitrogens is 1. The lowest BCUT2D eigenvalue weighted by atomic mass is 10.1. The van der Waals surface area contributed by atoms with Crippen molar-refractivity contribution >= 4 is 27.7 Å². The summed E-state index contributed by atoms with van der Waals surface area (Å²) < 4.78 is 14.6. The number of guanidine groups is 1. The maximum absolute atomic E-state index is 13.8. The number of hydrogen-bond donors (Lipinski definition) is 2. The lowest BCUT2D eigenvalue weighted by Crippen LogP contribution is -2.37. The number of benzene rings is 1. The number of anilines is 1. The van der Waals surface area contributed by atoms with Gasteiger partial charge in [0.15, 0.2) is 5.96 Å². The summed E-state index contributed by atoms with van der Waals surface area (Å²) in [6.45, 7) is 1.34. The van der Waals surface area contributed by atoms with Crippen LogP contribution in [0.1, 0.15) is 17.5 Å². The first-order chi connectivity index (χ1) is 12.5. The van der Waals surface area contributed by atoms with Crippen LogP contribution in [0, 0.1) is 5.82 Å². The largest absolute Gasteiger partial charge is 0.362 e. The van der Waals surface area contributed by atoms with Gasteiger partial charge in [-0.1, -0.05) is 28.1 Å². The summed E-state index contributed by atoms with van der Waals surface area (Å²) >= 11 is 3.27. The van der Waals surface area contributed by atoms with Crippen LogP contribution in [0.25, 0.3) is 0 Å². The molecule has 1 aromatic heterocycles. The molecule has 7 heteroatoms. The lowest BCUT2D eigenvalue weighted by molar-refractivity contribution is 0.602. The first kappa shape index (κ1) is 20.2. The molecule has 0 amide bonds. The highest BCUT2D eigenvalue weighted by Crippen LogP contribution is 2.16. The molecule has 0 radical (unpaired) electrons. The zero-order valence-electron chi connectivity index (χ0n) is 15.4. The van der Waals surface area contributed by atoms with Gasteiger partial charge in [-0.3, -0.25) is 4.99 Å². The first-order valence-electron chi connectivity index (χ1n) is 8.51. The molecule has 0 aliphatic heterocycles. The average Bonchev–Trinajstić information content (AvgIpc) is 2.62. The predicted molar refractivity (Wildman–Crippen MR) is 109 cm³/mol. The Hall–Kier alpha value is -2.15. The van der Waals surface area contributed by atoms with Crippen molar-refractivity contribution in [3.63, 3.8) is 0 Å². The minimum absolute atomic E-state index is 0.172. The van der Waals surface area contributed by atoms with E-state index in [1.54, 1.807) is 13.2 Å². The second kappa shape index (κ2) is 10.1. The highest BCUT2D eigenvalue weighted by molar-refractivity contribution is 9.10. The highest BCUT2D eigenvalue weighted by atomic mass is 79.9. The molecular weight excluding hydrogens is 397 g/mol. The third-order valence-electron chi connectivity index (χ3n) is 3.89. The minimum atomic E-state index is -0.172. The summed E-state index contributed by atoms with van der Waals surface area (Å²) in [6.07, 6.45) is 3.28. The predicted octanol–water partition coefficient (Wildman–Crippen LogP) is 3.35. The van der Waals surface area contributed by atoms with Gasteiger partial charge in [0, 0.05) is 50.5 Å². The van der Waals surface area contributed by atoms with E-state index in [9.17, 15) is 4.39 Å². The Labute approximate surface area is 162 Å². The summed E-state index contributed by atoms with van der Waals surface area (Å²) in [4.78, 5) is 10.6. The number of aryl methyl sites for hydroxylation is 1. The van der Waals surface area contributed by atoms with E-state index >= 15 is 0 Å². The second-order valence-corrected chi connectivity index (χ2v) is 6.99. The summed E-state index contributed by atoms with van der Waals surface area (Å²) in [6, 6.07) is 9.14. The van der Waals surface area contributed by atoms with Gasteiger partial charge < -0.3 is 15.5 Å². The quantitative estimate of drug-likeness (QED) is 0.408. The molecule has 0 spiro atoms. The Morgan fingerprint density at radius 1 is 1.23 bits per heavy atom. The van der Waals surface area contributed by atoms with Crippen molar-refractivity contribution in [1.82, 2.24) is 15.6 Å². The zero-order valence-corrected chi connectivity index (χ0v) is 17.0. The van der Waals surface area contributed by atoms with E-state index in [4.69, 9.17) is 0 Å². The van der Waals surface area contributed by atoms with Crippen LogP contribution in [0.2, 0.25) is 0 Å². The van der Waals surface area contributed by atoms with Crippen molar-refractivity contribution in [2.45, 2.75) is 19.4 Å². The molecule has 140 valence electrons. The average molecular weight is 422 g/mol. The van der Waals surface area contributed by atoms with E-state index in [1.165, 1.54) is 6.07 Å². The van der Waals surface area contributed by atoms with Crippen LogP contribution < -0.4 is 15.5 Å². The second-order valence-electron chi connectivity index (χ2n) is 6.07. The van der Waals surface area contributed by atoms with Gasteiger partial charge in [0.1, 0.15) is 11.6 Å². The number of rotatable bonds is 7. The Balaban J connectivity index is 1.80. The molecule has 0 atom stereocenters. The summed E-state index contributed by atoms with van der Waals surface area (Å²) in [5.41, 5.74) is 1.82. The van der Waals surface area contributed by atoms with Gasteiger partial charge in [0.2, 0.25) is 0 Å². The smallest absolute Gasteiger partial charge is 0.191 e. The monoisotopic (exact) mass is 421 g/mol. The van der Waals surface area contributed by atoms with Gasteiger partial charge in [-0.15, -0.1) is 0 Å². The third-order valence-corrected chi connectivity index (χ3v) is 4.38. The molecule has 2 aromatic rings. The van der Waals surface area contributed by atoms with Crippen LogP contribution in [0.5, 0.6) is 0 Å². The molecule has 26 heavy (non-hydrogen) atoms. The molecule has 0 aliphatic rings. The fourth-order valence-electron chi connectivity index (χ4n) is 2.58. The van der Waals surface area contributed by atoms with E-state index in [-0.39, 0.29) is 5.82 Å². The van der Waals surface area contributed by atoms with Crippen LogP contribution in [-0.4, -0.2) is 38.6 Å². The Morgan fingerprint density at radius 3 is 2.73 bits per heavy atom. The summed E-state index contributed by atoms with van der Waals surface area (Å²) in [7, 11) is 5.68. The van der Waals surface area contributed by atoms with Crippen molar-refractivity contribution in [2.75, 3.05) is 32.6 Å². The van der Waals surface area contributed by atoms with Crippen LogP contribution >= 0.6 is 15.9 Å². The van der Waals surface area contributed by atoms with Gasteiger partial charge in [-0.2, -0.15) is 0 Å². The Bertz CT molecular complexity index is 748. The number of halogens is 2. The number of nitrogens with one attached hydrogen (secondary N) is 2. The van der Waals surface area contributed by atoms with E-state index in [1.807, 2.05) is 43.3 Å². The normalized spacial score (nSPS) is 11.3. The van der Waals surface area contributed by atoms with Crippen molar-refractivity contribution in [1.29, 1.82) is 0 Å². The van der Waals surface area contributed by atoms with E-state index < -0.39 is 0 Å². The Morgan fingerprint density at radius 2 is 2.04 bits per heavy atom. The van der Waals surface area contributed by atoms with Gasteiger partial charge in [-0.05, 0) is 36.6 Å². The molecule has 0 aliphatic carbocycles. The molecule has 0 fully saturated rings. The molecule has 1 aromatic carbocycles. The number of hydrogen-bond acceptors (Lipinski definition) is 3. The van der Waals surface area contributed by atoms with Gasteiger partial charge in [0.25, 0.3) is 0 Å². The first-order valence-corrected chi connectivity index (χ1v) is 9.30. The number of aliphatic imine (C=N–C) groups is 1. The molecular formula is C19H25BrFN5. The van der Waals surface area contributed by atoms with Crippen molar-refractivity contribution in [3.05, 3.63) is 57.9 Å². The van der Waals surface area contributed by atoms with Crippen LogP contribution in [-0.2, 0) is 13.0 Å². The van der Waals surface area contributed by atoms with Crippen LogP contribution in [0.3, 0.4) is 0 Å². The fourth-order valence-corrected chi connectivity index (χ4v) is 2.91. The molecule has 0 bridgehead atoms. The third kappa shape index (κ3) is 5.98. The van der Waals surface area contributed by atoms with Gasteiger partial charge in [-0.25, -0.2) is 9.37 Å². The lowest BCUT2D eigenvalue weighted by Gasteiger charge is -2.17. The fraction of sp³-hybridized carbons (Fsp3) is 0.368. The molecule has 0 saturated heterocycles. The number of pyridine rings is 1. The number of nitrogens with zero attached hydrogens (tertiary/aromatic N) is 3. The summed E-state index contributed by atoms with van der Waals surface area (Å²) in [5, 5.41) is 6.55. The van der Waals surface area contributed by atoms with Crippen molar-refractivity contribution < 1.29 is 4.39 Å². The Kier molecular flexibility index (Phi) is 7.84.